The van der Waals surface area contributed by atoms with Gasteiger partial charge in [0.15, 0.2) is 0 Å². The summed E-state index contributed by atoms with van der Waals surface area (Å²) >= 11 is 1.84. The molecule has 1 aliphatic heterocycles. The summed E-state index contributed by atoms with van der Waals surface area (Å²) in [6.45, 7) is 1.79. The molecule has 2 aliphatic rings. The van der Waals surface area contributed by atoms with Crippen LogP contribution in [0.25, 0.3) is 11.0 Å². The van der Waals surface area contributed by atoms with Crippen LogP contribution in [0.4, 0.5) is 4.39 Å². The van der Waals surface area contributed by atoms with Crippen LogP contribution in [0.15, 0.2) is 38.5 Å². The molecule has 1 saturated carbocycles. The van der Waals surface area contributed by atoms with Crippen molar-refractivity contribution < 1.29 is 10.6 Å². The zero-order chi connectivity index (χ0) is 24.2. The fourth-order valence-electron chi connectivity index (χ4n) is 4.95. The lowest BCUT2D eigenvalue weighted by Crippen LogP contribution is -2.46. The molecule has 0 aromatic carbocycles. The summed E-state index contributed by atoms with van der Waals surface area (Å²) in [4.78, 5) is 47.5. The van der Waals surface area contributed by atoms with Crippen molar-refractivity contribution >= 4 is 34.9 Å². The summed E-state index contributed by atoms with van der Waals surface area (Å²) in [6, 6.07) is 0.783. The summed E-state index contributed by atoms with van der Waals surface area (Å²) < 4.78 is 17.0. The molecule has 1 saturated heterocycles. The van der Waals surface area contributed by atoms with Gasteiger partial charge in [-0.2, -0.15) is 11.8 Å². The average Bonchev–Trinajstić information content (AvgIpc) is 2.84. The highest BCUT2D eigenvalue weighted by Gasteiger charge is 2.29. The Bertz CT molecular complexity index is 1240. The number of fused-ring (bicyclic) bond motifs is 1. The van der Waals surface area contributed by atoms with E-state index >= 15 is 0 Å². The van der Waals surface area contributed by atoms with Crippen LogP contribution in [0.5, 0.6) is 0 Å². The van der Waals surface area contributed by atoms with E-state index in [4.69, 9.17) is 0 Å². The normalized spacial score (nSPS) is 22.4. The number of rotatable bonds is 5. The first-order valence-corrected chi connectivity index (χ1v) is 12.9. The van der Waals surface area contributed by atoms with Crippen molar-refractivity contribution in [1.82, 2.24) is 19.4 Å². The van der Waals surface area contributed by atoms with Gasteiger partial charge in [-0.15, -0.1) is 0 Å². The first-order valence-electron chi connectivity index (χ1n) is 11.7. The molecule has 1 aliphatic carbocycles. The van der Waals surface area contributed by atoms with Crippen LogP contribution in [0, 0.1) is 5.82 Å². The second-order valence-corrected chi connectivity index (χ2v) is 10.0. The lowest BCUT2D eigenvalue weighted by atomic mass is 9.90. The van der Waals surface area contributed by atoms with E-state index in [2.05, 4.69) is 15.3 Å². The standard InChI is InChI=1S/C24H30FN5O3S.H2/c1-3-15(13-26-2)22(31)28-17-4-6-18(7-5-17)30-23(32)20-12-16(25)14-27-21(20)29(24(30)33)19-8-10-34-11-9-19;/h3,12-14,17-19H,4-11H2,1-2H3,(H,28,31);1H/b15-3+,26-13?;. The van der Waals surface area contributed by atoms with Gasteiger partial charge >= 0.3 is 5.69 Å². The number of hydrogen-bond acceptors (Lipinski definition) is 6. The third-order valence-corrected chi connectivity index (χ3v) is 7.77. The van der Waals surface area contributed by atoms with E-state index in [9.17, 15) is 18.8 Å². The van der Waals surface area contributed by atoms with Crippen molar-refractivity contribution in [2.24, 2.45) is 4.99 Å². The molecule has 0 radical (unpaired) electrons. The minimum Gasteiger partial charge on any atom is -0.349 e. The van der Waals surface area contributed by atoms with Gasteiger partial charge in [-0.3, -0.25) is 23.7 Å². The molecule has 34 heavy (non-hydrogen) atoms. The number of halogens is 1. The summed E-state index contributed by atoms with van der Waals surface area (Å²) in [6.07, 6.45) is 8.34. The molecule has 10 heteroatoms. The number of allylic oxidation sites excluding steroid dienone is 1. The number of aliphatic imine (C=N–C) groups is 1. The Morgan fingerprint density at radius 3 is 2.50 bits per heavy atom. The van der Waals surface area contributed by atoms with Gasteiger partial charge in [0.2, 0.25) is 0 Å². The molecule has 2 aromatic heterocycles. The van der Waals surface area contributed by atoms with Crippen molar-refractivity contribution in [3.63, 3.8) is 0 Å². The molecule has 0 spiro atoms. The summed E-state index contributed by atoms with van der Waals surface area (Å²) in [5, 5.41) is 3.17. The Morgan fingerprint density at radius 1 is 1.18 bits per heavy atom. The van der Waals surface area contributed by atoms with Gasteiger partial charge in [0.05, 0.1) is 17.2 Å². The molecular weight excluding hydrogens is 457 g/mol. The lowest BCUT2D eigenvalue weighted by Gasteiger charge is -2.31. The maximum atomic E-state index is 14.0. The maximum Gasteiger partial charge on any atom is 0.333 e. The topological polar surface area (TPSA) is 98.3 Å². The van der Waals surface area contributed by atoms with Gasteiger partial charge < -0.3 is 5.32 Å². The summed E-state index contributed by atoms with van der Waals surface area (Å²) in [7, 11) is 1.61. The highest BCUT2D eigenvalue weighted by atomic mass is 32.2. The third kappa shape index (κ3) is 4.87. The number of pyridine rings is 1. The monoisotopic (exact) mass is 489 g/mol. The Hall–Kier alpha value is -2.75. The molecule has 184 valence electrons. The Morgan fingerprint density at radius 2 is 1.85 bits per heavy atom. The fraction of sp³-hybridized carbons (Fsp3) is 0.542. The van der Waals surface area contributed by atoms with E-state index in [0.29, 0.717) is 31.3 Å². The molecule has 1 N–H and O–H groups in total. The lowest BCUT2D eigenvalue weighted by molar-refractivity contribution is -0.117. The Kier molecular flexibility index (Phi) is 7.65. The second kappa shape index (κ2) is 10.7. The molecule has 0 atom stereocenters. The highest BCUT2D eigenvalue weighted by Crippen LogP contribution is 2.30. The number of nitrogens with zero attached hydrogens (tertiary/aromatic N) is 4. The molecule has 8 nitrogen and oxygen atoms in total. The smallest absolute Gasteiger partial charge is 0.333 e. The molecular formula is C24H32FN5O3S. The quantitative estimate of drug-likeness (QED) is 0.514. The van der Waals surface area contributed by atoms with Crippen LogP contribution >= 0.6 is 11.8 Å². The van der Waals surface area contributed by atoms with E-state index in [0.717, 1.165) is 30.5 Å². The molecule has 4 rings (SSSR count). The largest absolute Gasteiger partial charge is 0.349 e. The van der Waals surface area contributed by atoms with Crippen LogP contribution < -0.4 is 16.6 Å². The number of nitrogens with one attached hydrogen (secondary N) is 1. The number of carbonyl (C=O) groups is 1. The number of aromatic nitrogens is 3. The van der Waals surface area contributed by atoms with Crippen molar-refractivity contribution in [3.05, 3.63) is 50.6 Å². The van der Waals surface area contributed by atoms with Gasteiger partial charge in [-0.1, -0.05) is 6.08 Å². The van der Waals surface area contributed by atoms with Crippen molar-refractivity contribution in [1.29, 1.82) is 0 Å². The van der Waals surface area contributed by atoms with E-state index in [1.807, 2.05) is 11.8 Å². The van der Waals surface area contributed by atoms with Crippen molar-refractivity contribution in [3.8, 4) is 0 Å². The van der Waals surface area contributed by atoms with Crippen molar-refractivity contribution in [2.75, 3.05) is 18.6 Å². The molecule has 1 amide bonds. The van der Waals surface area contributed by atoms with Crippen LogP contribution in [-0.4, -0.2) is 50.8 Å². The predicted octanol–water partition coefficient (Wildman–Crippen LogP) is 3.26. The predicted molar refractivity (Wildman–Crippen MR) is 136 cm³/mol. The minimum absolute atomic E-state index is 0. The number of thioether (sulfide) groups is 1. The van der Waals surface area contributed by atoms with Gasteiger partial charge in [0, 0.05) is 32.8 Å². The molecule has 2 aromatic rings. The van der Waals surface area contributed by atoms with E-state index in [-0.39, 0.29) is 42.2 Å². The third-order valence-electron chi connectivity index (χ3n) is 6.72. The Labute approximate surface area is 202 Å². The summed E-state index contributed by atoms with van der Waals surface area (Å²) in [5.74, 6) is 1.09. The van der Waals surface area contributed by atoms with E-state index in [1.165, 1.54) is 16.8 Å². The number of amides is 1. The van der Waals surface area contributed by atoms with Gasteiger partial charge in [-0.05, 0) is 63.0 Å². The molecule has 2 fully saturated rings. The molecule has 0 unspecified atom stereocenters. The Balaban J connectivity index is 0.00000342. The zero-order valence-electron chi connectivity index (χ0n) is 19.5. The average molecular weight is 490 g/mol. The second-order valence-electron chi connectivity index (χ2n) is 8.81. The first kappa shape index (κ1) is 24.4. The van der Waals surface area contributed by atoms with Gasteiger partial charge in [-0.25, -0.2) is 14.2 Å². The van der Waals surface area contributed by atoms with Crippen LogP contribution in [0.1, 0.15) is 59.0 Å². The number of carbonyl (C=O) groups excluding carboxylic acids is 1. The highest BCUT2D eigenvalue weighted by molar-refractivity contribution is 7.99. The van der Waals surface area contributed by atoms with Gasteiger partial charge in [0.1, 0.15) is 11.5 Å². The maximum absolute atomic E-state index is 14.0. The molecule has 0 bridgehead atoms. The SMILES string of the molecule is C/C=C(\C=NC)C(=O)NC1CCC(n2c(=O)c3cc(F)cnc3n(C3CCSCC3)c2=O)CC1.[HH]. The zero-order valence-corrected chi connectivity index (χ0v) is 20.3. The van der Waals surface area contributed by atoms with Crippen LogP contribution in [-0.2, 0) is 4.79 Å². The number of hydrogen-bond donors (Lipinski definition) is 1. The minimum atomic E-state index is -0.595. The van der Waals surface area contributed by atoms with E-state index in [1.54, 1.807) is 24.6 Å². The molecule has 3 heterocycles. The van der Waals surface area contributed by atoms with Gasteiger partial charge in [0.25, 0.3) is 11.5 Å². The first-order chi connectivity index (χ1) is 16.4. The van der Waals surface area contributed by atoms with Crippen LogP contribution in [0.2, 0.25) is 0 Å². The van der Waals surface area contributed by atoms with Crippen molar-refractivity contribution in [2.45, 2.75) is 63.6 Å². The van der Waals surface area contributed by atoms with Crippen LogP contribution in [0.3, 0.4) is 0 Å². The van der Waals surface area contributed by atoms with E-state index < -0.39 is 11.4 Å². The summed E-state index contributed by atoms with van der Waals surface area (Å²) in [5.41, 5.74) is -0.0898. The fourth-order valence-corrected chi connectivity index (χ4v) is 6.03.